The molecule has 1 aromatic rings. The molecule has 2 N–H and O–H groups in total. The Morgan fingerprint density at radius 3 is 2.86 bits per heavy atom. The third kappa shape index (κ3) is 4.44. The van der Waals surface area contributed by atoms with Crippen molar-refractivity contribution in [2.45, 2.75) is 38.8 Å². The minimum atomic E-state index is -0.277. The Morgan fingerprint density at radius 1 is 1.50 bits per heavy atom. The standard InChI is InChI=1S/C11H19NO2/c1-9(12-8-10(2)13)5-6-11-4-3-7-14-11/h3-4,7,9-10,12-13H,5-6,8H2,1-2H3. The lowest BCUT2D eigenvalue weighted by Crippen LogP contribution is -2.32. The molecule has 3 nitrogen and oxygen atoms in total. The molecule has 1 heterocycles. The van der Waals surface area contributed by atoms with Crippen LogP contribution in [0.1, 0.15) is 26.0 Å². The van der Waals surface area contributed by atoms with Crippen molar-refractivity contribution in [2.24, 2.45) is 0 Å². The Labute approximate surface area is 85.1 Å². The summed E-state index contributed by atoms with van der Waals surface area (Å²) in [6.45, 7) is 4.55. The van der Waals surface area contributed by atoms with Crippen molar-refractivity contribution in [2.75, 3.05) is 6.54 Å². The van der Waals surface area contributed by atoms with E-state index in [1.807, 2.05) is 12.1 Å². The lowest BCUT2D eigenvalue weighted by atomic mass is 10.1. The van der Waals surface area contributed by atoms with Gasteiger partial charge in [-0.05, 0) is 32.4 Å². The average Bonchev–Trinajstić information content (AvgIpc) is 2.63. The van der Waals surface area contributed by atoms with E-state index in [2.05, 4.69) is 12.2 Å². The first-order valence-corrected chi connectivity index (χ1v) is 5.12. The predicted octanol–water partition coefficient (Wildman–Crippen LogP) is 1.57. The van der Waals surface area contributed by atoms with Gasteiger partial charge in [-0.1, -0.05) is 0 Å². The van der Waals surface area contributed by atoms with E-state index in [-0.39, 0.29) is 6.10 Å². The number of hydrogen-bond acceptors (Lipinski definition) is 3. The van der Waals surface area contributed by atoms with E-state index in [1.54, 1.807) is 13.2 Å². The molecule has 80 valence electrons. The maximum Gasteiger partial charge on any atom is 0.103 e. The van der Waals surface area contributed by atoms with Crippen LogP contribution in [0, 0.1) is 0 Å². The molecular weight excluding hydrogens is 178 g/mol. The molecule has 0 aliphatic heterocycles. The van der Waals surface area contributed by atoms with Gasteiger partial charge in [0.2, 0.25) is 0 Å². The van der Waals surface area contributed by atoms with Gasteiger partial charge in [-0.15, -0.1) is 0 Å². The topological polar surface area (TPSA) is 45.4 Å². The Morgan fingerprint density at radius 2 is 2.29 bits per heavy atom. The van der Waals surface area contributed by atoms with Crippen molar-refractivity contribution in [3.8, 4) is 0 Å². The number of aryl methyl sites for hydroxylation is 1. The normalized spacial score (nSPS) is 15.4. The van der Waals surface area contributed by atoms with Gasteiger partial charge in [0.25, 0.3) is 0 Å². The molecule has 0 radical (unpaired) electrons. The summed E-state index contributed by atoms with van der Waals surface area (Å²) >= 11 is 0. The van der Waals surface area contributed by atoms with Gasteiger partial charge in [0, 0.05) is 19.0 Å². The molecule has 0 amide bonds. The Hall–Kier alpha value is -0.800. The largest absolute Gasteiger partial charge is 0.469 e. The highest BCUT2D eigenvalue weighted by Gasteiger charge is 2.04. The van der Waals surface area contributed by atoms with Gasteiger partial charge < -0.3 is 14.8 Å². The van der Waals surface area contributed by atoms with Crippen LogP contribution in [0.4, 0.5) is 0 Å². The molecule has 0 fully saturated rings. The fourth-order valence-corrected chi connectivity index (χ4v) is 1.29. The molecular formula is C11H19NO2. The zero-order valence-electron chi connectivity index (χ0n) is 8.86. The first-order chi connectivity index (χ1) is 6.68. The number of hydrogen-bond donors (Lipinski definition) is 2. The molecule has 0 aromatic carbocycles. The van der Waals surface area contributed by atoms with E-state index in [0.717, 1.165) is 18.6 Å². The van der Waals surface area contributed by atoms with Gasteiger partial charge in [-0.2, -0.15) is 0 Å². The van der Waals surface area contributed by atoms with Gasteiger partial charge in [-0.3, -0.25) is 0 Å². The number of aliphatic hydroxyl groups is 1. The van der Waals surface area contributed by atoms with Crippen LogP contribution in [0.15, 0.2) is 22.8 Å². The SMILES string of the molecule is CC(O)CNC(C)CCc1ccco1. The number of aliphatic hydroxyl groups excluding tert-OH is 1. The van der Waals surface area contributed by atoms with Gasteiger partial charge in [0.15, 0.2) is 0 Å². The zero-order valence-corrected chi connectivity index (χ0v) is 8.86. The monoisotopic (exact) mass is 197 g/mol. The lowest BCUT2D eigenvalue weighted by molar-refractivity contribution is 0.186. The van der Waals surface area contributed by atoms with Crippen molar-refractivity contribution < 1.29 is 9.52 Å². The second-order valence-corrected chi connectivity index (χ2v) is 3.78. The van der Waals surface area contributed by atoms with E-state index < -0.39 is 0 Å². The third-order valence-electron chi connectivity index (χ3n) is 2.17. The van der Waals surface area contributed by atoms with Crippen LogP contribution in [-0.2, 0) is 6.42 Å². The Kier molecular flexibility index (Phi) is 4.70. The summed E-state index contributed by atoms with van der Waals surface area (Å²) in [5.41, 5.74) is 0. The van der Waals surface area contributed by atoms with Crippen molar-refractivity contribution in [3.63, 3.8) is 0 Å². The lowest BCUT2D eigenvalue weighted by Gasteiger charge is -2.14. The average molecular weight is 197 g/mol. The Balaban J connectivity index is 2.12. The highest BCUT2D eigenvalue weighted by molar-refractivity contribution is 4.98. The third-order valence-corrected chi connectivity index (χ3v) is 2.17. The second-order valence-electron chi connectivity index (χ2n) is 3.78. The van der Waals surface area contributed by atoms with Crippen LogP contribution < -0.4 is 5.32 Å². The van der Waals surface area contributed by atoms with Crippen LogP contribution in [-0.4, -0.2) is 23.8 Å². The molecule has 2 unspecified atom stereocenters. The zero-order chi connectivity index (χ0) is 10.4. The summed E-state index contributed by atoms with van der Waals surface area (Å²) in [7, 11) is 0. The molecule has 0 aliphatic carbocycles. The summed E-state index contributed by atoms with van der Waals surface area (Å²) in [5, 5.41) is 12.3. The quantitative estimate of drug-likeness (QED) is 0.727. The highest BCUT2D eigenvalue weighted by Crippen LogP contribution is 2.05. The molecule has 3 heteroatoms. The van der Waals surface area contributed by atoms with E-state index in [1.165, 1.54) is 0 Å². The predicted molar refractivity (Wildman–Crippen MR) is 56.2 cm³/mol. The molecule has 2 atom stereocenters. The number of nitrogens with one attached hydrogen (secondary N) is 1. The fraction of sp³-hybridized carbons (Fsp3) is 0.636. The maximum atomic E-state index is 9.07. The first kappa shape index (κ1) is 11.3. The van der Waals surface area contributed by atoms with E-state index in [9.17, 15) is 0 Å². The summed E-state index contributed by atoms with van der Waals surface area (Å²) in [6, 6.07) is 4.31. The number of furan rings is 1. The molecule has 1 aromatic heterocycles. The van der Waals surface area contributed by atoms with E-state index in [0.29, 0.717) is 12.6 Å². The molecule has 0 bridgehead atoms. The van der Waals surface area contributed by atoms with Gasteiger partial charge in [-0.25, -0.2) is 0 Å². The van der Waals surface area contributed by atoms with Gasteiger partial charge in [0.05, 0.1) is 12.4 Å². The Bertz CT molecular complexity index is 231. The summed E-state index contributed by atoms with van der Waals surface area (Å²) in [4.78, 5) is 0. The van der Waals surface area contributed by atoms with Crippen molar-refractivity contribution in [3.05, 3.63) is 24.2 Å². The number of rotatable bonds is 6. The summed E-state index contributed by atoms with van der Waals surface area (Å²) in [5.74, 6) is 1.02. The van der Waals surface area contributed by atoms with Crippen LogP contribution in [0.25, 0.3) is 0 Å². The van der Waals surface area contributed by atoms with Crippen molar-refractivity contribution in [1.82, 2.24) is 5.32 Å². The van der Waals surface area contributed by atoms with Crippen molar-refractivity contribution >= 4 is 0 Å². The summed E-state index contributed by atoms with van der Waals surface area (Å²) < 4.78 is 5.23. The summed E-state index contributed by atoms with van der Waals surface area (Å²) in [6.07, 6.45) is 3.39. The molecule has 0 aliphatic rings. The van der Waals surface area contributed by atoms with E-state index >= 15 is 0 Å². The van der Waals surface area contributed by atoms with Crippen LogP contribution in [0.5, 0.6) is 0 Å². The second kappa shape index (κ2) is 5.83. The highest BCUT2D eigenvalue weighted by atomic mass is 16.3. The van der Waals surface area contributed by atoms with Crippen LogP contribution >= 0.6 is 0 Å². The maximum absolute atomic E-state index is 9.07. The minimum Gasteiger partial charge on any atom is -0.469 e. The molecule has 0 spiro atoms. The molecule has 14 heavy (non-hydrogen) atoms. The fourth-order valence-electron chi connectivity index (χ4n) is 1.29. The van der Waals surface area contributed by atoms with Crippen LogP contribution in [0.2, 0.25) is 0 Å². The van der Waals surface area contributed by atoms with Gasteiger partial charge in [0.1, 0.15) is 5.76 Å². The smallest absolute Gasteiger partial charge is 0.103 e. The first-order valence-electron chi connectivity index (χ1n) is 5.12. The van der Waals surface area contributed by atoms with E-state index in [4.69, 9.17) is 9.52 Å². The van der Waals surface area contributed by atoms with Gasteiger partial charge >= 0.3 is 0 Å². The minimum absolute atomic E-state index is 0.277. The van der Waals surface area contributed by atoms with Crippen LogP contribution in [0.3, 0.4) is 0 Å². The van der Waals surface area contributed by atoms with Crippen molar-refractivity contribution in [1.29, 1.82) is 0 Å². The molecule has 0 saturated carbocycles. The molecule has 0 saturated heterocycles. The molecule has 1 rings (SSSR count).